The largest absolute Gasteiger partial charge is 0.449 e. The predicted octanol–water partition coefficient (Wildman–Crippen LogP) is 1.94. The van der Waals surface area contributed by atoms with Gasteiger partial charge in [-0.3, -0.25) is 0 Å². The molecule has 0 fully saturated rings. The monoisotopic (exact) mass is 264 g/mol. The number of rotatable bonds is 4. The van der Waals surface area contributed by atoms with E-state index in [1.807, 2.05) is 5.43 Å². The van der Waals surface area contributed by atoms with Crippen molar-refractivity contribution in [3.63, 3.8) is 0 Å². The second kappa shape index (κ2) is 5.68. The Hall–Kier alpha value is -1.55. The molecule has 1 aromatic rings. The second-order valence-electron chi connectivity index (χ2n) is 2.77. The van der Waals surface area contributed by atoms with Gasteiger partial charge < -0.3 is 22.8 Å². The number of hydrazone groups is 1. The van der Waals surface area contributed by atoms with Gasteiger partial charge in [0.1, 0.15) is 16.6 Å². The van der Waals surface area contributed by atoms with Crippen molar-refractivity contribution in [1.82, 2.24) is 5.43 Å². The summed E-state index contributed by atoms with van der Waals surface area (Å²) in [6, 6.07) is 2.52. The molecule has 96 valence electrons. The van der Waals surface area contributed by atoms with Gasteiger partial charge in [-0.15, -0.1) is 0 Å². The molecule has 9 heteroatoms. The zero-order valence-corrected chi connectivity index (χ0v) is 9.68. The smallest absolute Gasteiger partial charge is 0.427 e. The quantitative estimate of drug-likeness (QED) is 0.486. The van der Waals surface area contributed by atoms with E-state index in [1.54, 1.807) is 6.92 Å². The minimum absolute atomic E-state index is 0.130. The third-order valence-electron chi connectivity index (χ3n) is 1.50. The molecule has 0 aromatic carbocycles. The molecule has 8 nitrogen and oxygen atoms in total. The van der Waals surface area contributed by atoms with E-state index in [-0.39, 0.29) is 17.5 Å². The van der Waals surface area contributed by atoms with Gasteiger partial charge in [-0.2, -0.15) is 5.10 Å². The highest BCUT2D eigenvalue weighted by Gasteiger charge is 2.19. The number of amides is 1. The summed E-state index contributed by atoms with van der Waals surface area (Å²) in [6.45, 7) is 1.87. The van der Waals surface area contributed by atoms with Crippen LogP contribution in [0.2, 0.25) is 0 Å². The highest BCUT2D eigenvalue weighted by Crippen LogP contribution is 2.43. The normalized spacial score (nSPS) is 12.7. The molecule has 1 amide bonds. The van der Waals surface area contributed by atoms with E-state index in [1.165, 1.54) is 12.1 Å². The fraction of sp³-hybridized carbons (Fsp3) is 0.250. The first-order valence-corrected chi connectivity index (χ1v) is 6.00. The number of carbonyl (C=O) groups excluding carboxylic acids is 1. The summed E-state index contributed by atoms with van der Waals surface area (Å²) >= 11 is 0. The van der Waals surface area contributed by atoms with Gasteiger partial charge in [-0.05, 0) is 19.1 Å². The van der Waals surface area contributed by atoms with E-state index in [4.69, 9.17) is 18.1 Å². The number of carbonyl (C=O) groups is 1. The molecule has 1 rings (SSSR count). The van der Waals surface area contributed by atoms with Crippen molar-refractivity contribution in [3.05, 3.63) is 17.9 Å². The Labute approximate surface area is 98.4 Å². The molecule has 4 N–H and O–H groups in total. The van der Waals surface area contributed by atoms with Crippen LogP contribution in [0, 0.1) is 0 Å². The lowest BCUT2D eigenvalue weighted by atomic mass is 10.5. The fourth-order valence-electron chi connectivity index (χ4n) is 0.863. The van der Waals surface area contributed by atoms with Crippen molar-refractivity contribution < 1.29 is 27.6 Å². The molecular formula is C8H12N2O6S. The summed E-state index contributed by atoms with van der Waals surface area (Å²) in [5.74, 6) is 0.130. The summed E-state index contributed by atoms with van der Waals surface area (Å²) in [5, 5.41) is 3.10. The number of nitrogens with zero attached hydrogens (tertiary/aromatic N) is 1. The Balaban J connectivity index is 2.55. The Bertz CT molecular complexity index is 410. The van der Waals surface area contributed by atoms with Crippen LogP contribution in [0.4, 0.5) is 4.79 Å². The first-order valence-electron chi connectivity index (χ1n) is 4.50. The van der Waals surface area contributed by atoms with Crippen molar-refractivity contribution in [2.75, 3.05) is 6.61 Å². The molecule has 0 bridgehead atoms. The summed E-state index contributed by atoms with van der Waals surface area (Å²) in [4.78, 5) is 10.8. The fourth-order valence-corrected chi connectivity index (χ4v) is 1.32. The molecule has 17 heavy (non-hydrogen) atoms. The molecule has 0 radical (unpaired) electrons. The first-order chi connectivity index (χ1) is 7.93. The van der Waals surface area contributed by atoms with Gasteiger partial charge in [0.05, 0.1) is 12.8 Å². The van der Waals surface area contributed by atoms with Gasteiger partial charge in [0, 0.05) is 0 Å². The molecule has 0 atom stereocenters. The molecular weight excluding hydrogens is 252 g/mol. The summed E-state index contributed by atoms with van der Waals surface area (Å²) in [7, 11) is -3.87. The maximum Gasteiger partial charge on any atom is 0.427 e. The average Bonchev–Trinajstić information content (AvgIpc) is 2.66. The van der Waals surface area contributed by atoms with Crippen molar-refractivity contribution in [2.24, 2.45) is 5.10 Å². The van der Waals surface area contributed by atoms with Crippen molar-refractivity contribution >= 4 is 23.2 Å². The van der Waals surface area contributed by atoms with Crippen LogP contribution in [-0.4, -0.2) is 32.6 Å². The van der Waals surface area contributed by atoms with Crippen LogP contribution in [0.3, 0.4) is 0 Å². The van der Waals surface area contributed by atoms with Gasteiger partial charge in [-0.1, -0.05) is 0 Å². The van der Waals surface area contributed by atoms with E-state index < -0.39 is 17.0 Å². The van der Waals surface area contributed by atoms with Crippen LogP contribution in [0.5, 0.6) is 0 Å². The van der Waals surface area contributed by atoms with E-state index in [9.17, 15) is 4.79 Å². The lowest BCUT2D eigenvalue weighted by molar-refractivity contribution is 0.152. The van der Waals surface area contributed by atoms with Crippen LogP contribution >= 0.6 is 10.9 Å². The highest BCUT2D eigenvalue weighted by molar-refractivity contribution is 8.19. The van der Waals surface area contributed by atoms with Gasteiger partial charge >= 0.3 is 6.09 Å². The molecule has 1 heterocycles. The molecule has 0 aliphatic heterocycles. The topological polar surface area (TPSA) is 125 Å². The first kappa shape index (κ1) is 13.5. The zero-order valence-electron chi connectivity index (χ0n) is 8.86. The van der Waals surface area contributed by atoms with Gasteiger partial charge in [0.15, 0.2) is 0 Å². The Morgan fingerprint density at radius 2 is 2.29 bits per heavy atom. The summed E-state index contributed by atoms with van der Waals surface area (Å²) in [5.41, 5.74) is 2.05. The maximum atomic E-state index is 10.8. The van der Waals surface area contributed by atoms with Crippen LogP contribution in [0.25, 0.3) is 0 Å². The second-order valence-corrected chi connectivity index (χ2v) is 4.21. The molecule has 0 aliphatic rings. The Kier molecular flexibility index (Phi) is 4.52. The highest BCUT2D eigenvalue weighted by atomic mass is 32.3. The van der Waals surface area contributed by atoms with E-state index in [0.29, 0.717) is 0 Å². The maximum absolute atomic E-state index is 10.8. The third kappa shape index (κ3) is 4.44. The number of furan rings is 1. The van der Waals surface area contributed by atoms with Crippen molar-refractivity contribution in [3.8, 4) is 0 Å². The number of ether oxygens (including phenoxy) is 1. The lowest BCUT2D eigenvalue weighted by Gasteiger charge is -2.14. The Morgan fingerprint density at radius 1 is 1.59 bits per heavy atom. The van der Waals surface area contributed by atoms with Gasteiger partial charge in [0.25, 0.3) is 0 Å². The van der Waals surface area contributed by atoms with E-state index in [2.05, 4.69) is 9.84 Å². The van der Waals surface area contributed by atoms with Crippen molar-refractivity contribution in [1.29, 1.82) is 0 Å². The number of hydrogen-bond acceptors (Lipinski definition) is 7. The Morgan fingerprint density at radius 3 is 2.82 bits per heavy atom. The van der Waals surface area contributed by atoms with E-state index >= 15 is 0 Å². The summed E-state index contributed by atoms with van der Waals surface area (Å²) in [6.07, 6.45) is 0.396. The SMILES string of the molecule is CCOC(=O)NN=Cc1ccc(S(O)(O)O)o1. The molecule has 0 saturated carbocycles. The third-order valence-corrected chi connectivity index (χ3v) is 2.25. The molecule has 0 saturated heterocycles. The zero-order chi connectivity index (χ0) is 12.9. The minimum Gasteiger partial charge on any atom is -0.449 e. The molecule has 0 unspecified atom stereocenters. The van der Waals surface area contributed by atoms with Crippen LogP contribution in [0.15, 0.2) is 26.7 Å². The van der Waals surface area contributed by atoms with Crippen LogP contribution in [0.1, 0.15) is 12.7 Å². The predicted molar refractivity (Wildman–Crippen MR) is 60.2 cm³/mol. The average molecular weight is 264 g/mol. The minimum atomic E-state index is -3.87. The molecule has 0 spiro atoms. The standard InChI is InChI=1S/C8H12N2O6S/c1-2-15-8(11)10-9-5-6-3-4-7(16-6)17(12,13)14/h3-5,12-14H,2H2,1H3,(H,10,11). The molecule has 1 aromatic heterocycles. The lowest BCUT2D eigenvalue weighted by Crippen LogP contribution is -2.18. The van der Waals surface area contributed by atoms with Gasteiger partial charge in [-0.25, -0.2) is 10.2 Å². The van der Waals surface area contributed by atoms with Crippen LogP contribution in [-0.2, 0) is 4.74 Å². The number of nitrogens with one attached hydrogen (secondary N) is 1. The van der Waals surface area contributed by atoms with Crippen LogP contribution < -0.4 is 5.43 Å². The molecule has 0 aliphatic carbocycles. The number of hydrogen-bond donors (Lipinski definition) is 4. The van der Waals surface area contributed by atoms with Gasteiger partial charge in [0.2, 0.25) is 5.09 Å². The van der Waals surface area contributed by atoms with Crippen molar-refractivity contribution in [2.45, 2.75) is 12.0 Å². The summed E-state index contributed by atoms with van der Waals surface area (Å²) < 4.78 is 35.9. The van der Waals surface area contributed by atoms with E-state index in [0.717, 1.165) is 6.21 Å².